The van der Waals surface area contributed by atoms with Gasteiger partial charge >= 0.3 is 5.97 Å². The van der Waals surface area contributed by atoms with Gasteiger partial charge in [-0.05, 0) is 0 Å². The molecule has 0 amide bonds. The molecule has 0 radical (unpaired) electrons. The number of rotatable bonds is 1. The van der Waals surface area contributed by atoms with Crippen LogP contribution in [-0.4, -0.2) is 56.4 Å². The number of carbonyl (C=O) groups is 1. The number of carboxylic acids is 1. The molecule has 4 N–H and O–H groups in total. The van der Waals surface area contributed by atoms with Gasteiger partial charge in [-0.1, -0.05) is 0 Å². The quantitative estimate of drug-likeness (QED) is 0.371. The number of hydrogen-bond acceptors (Lipinski definition) is 5. The van der Waals surface area contributed by atoms with E-state index in [0.717, 1.165) is 0 Å². The Balaban J connectivity index is 2.23. The highest BCUT2D eigenvalue weighted by molar-refractivity contribution is 5.77. The molecular weight excluding hydrogens is 192 g/mol. The Hall–Kier alpha value is -0.690. The van der Waals surface area contributed by atoms with Gasteiger partial charge in [0, 0.05) is 12.8 Å². The molecular formula is C8H12O6. The minimum Gasteiger partial charge on any atom is -0.479 e. The first kappa shape index (κ1) is 9.85. The van der Waals surface area contributed by atoms with E-state index in [4.69, 9.17) is 9.84 Å². The molecule has 1 saturated carbocycles. The maximum atomic E-state index is 10.7. The molecule has 0 aromatic carbocycles. The van der Waals surface area contributed by atoms with Crippen LogP contribution in [0.2, 0.25) is 0 Å². The van der Waals surface area contributed by atoms with Crippen molar-refractivity contribution in [3.8, 4) is 0 Å². The van der Waals surface area contributed by atoms with E-state index in [0.29, 0.717) is 0 Å². The zero-order chi connectivity index (χ0) is 10.6. The number of ether oxygens (including phenoxy) is 1. The summed E-state index contributed by atoms with van der Waals surface area (Å²) in [5, 5.41) is 37.3. The SMILES string of the molecule is O=C(O)[C@@]1(O)C[C@@H](O)[C@H](O)[C@@]2(CO2)C1. The van der Waals surface area contributed by atoms with E-state index in [1.807, 2.05) is 0 Å². The van der Waals surface area contributed by atoms with E-state index in [1.165, 1.54) is 0 Å². The maximum Gasteiger partial charge on any atom is 0.335 e. The van der Waals surface area contributed by atoms with Crippen LogP contribution in [0.3, 0.4) is 0 Å². The number of aliphatic hydroxyl groups excluding tert-OH is 2. The third-order valence-electron chi connectivity index (χ3n) is 2.96. The minimum atomic E-state index is -1.99. The van der Waals surface area contributed by atoms with Gasteiger partial charge < -0.3 is 25.2 Å². The lowest BCUT2D eigenvalue weighted by molar-refractivity contribution is -0.181. The molecule has 0 unspecified atom stereocenters. The molecule has 4 atom stereocenters. The molecule has 0 aromatic rings. The van der Waals surface area contributed by atoms with E-state index in [2.05, 4.69) is 0 Å². The zero-order valence-corrected chi connectivity index (χ0v) is 7.38. The van der Waals surface area contributed by atoms with Crippen molar-refractivity contribution < 1.29 is 30.0 Å². The molecule has 80 valence electrons. The summed E-state index contributed by atoms with van der Waals surface area (Å²) in [5.74, 6) is -1.39. The van der Waals surface area contributed by atoms with Gasteiger partial charge in [-0.15, -0.1) is 0 Å². The first-order valence-corrected chi connectivity index (χ1v) is 4.36. The van der Waals surface area contributed by atoms with Gasteiger partial charge in [0.25, 0.3) is 0 Å². The van der Waals surface area contributed by atoms with Gasteiger partial charge in [0.15, 0.2) is 5.60 Å². The summed E-state index contributed by atoms with van der Waals surface area (Å²) in [4.78, 5) is 10.7. The van der Waals surface area contributed by atoms with Gasteiger partial charge in [0.1, 0.15) is 11.7 Å². The van der Waals surface area contributed by atoms with Gasteiger partial charge in [0.05, 0.1) is 12.7 Å². The maximum absolute atomic E-state index is 10.7. The summed E-state index contributed by atoms with van der Waals surface area (Å²) in [6.45, 7) is 0.181. The Kier molecular flexibility index (Phi) is 1.87. The van der Waals surface area contributed by atoms with Crippen LogP contribution >= 0.6 is 0 Å². The molecule has 1 heterocycles. The molecule has 1 spiro atoms. The van der Waals surface area contributed by atoms with Crippen LogP contribution in [0.15, 0.2) is 0 Å². The van der Waals surface area contributed by atoms with Crippen molar-refractivity contribution in [1.29, 1.82) is 0 Å². The van der Waals surface area contributed by atoms with Crippen molar-refractivity contribution in [2.45, 2.75) is 36.3 Å². The normalized spacial score (nSPS) is 51.9. The molecule has 0 aromatic heterocycles. The lowest BCUT2D eigenvalue weighted by Gasteiger charge is -2.38. The highest BCUT2D eigenvalue weighted by Crippen LogP contribution is 2.46. The highest BCUT2D eigenvalue weighted by Gasteiger charge is 2.64. The van der Waals surface area contributed by atoms with Gasteiger partial charge in [0.2, 0.25) is 0 Å². The summed E-state index contributed by atoms with van der Waals surface area (Å²) in [6.07, 6.45) is -2.91. The molecule has 6 heteroatoms. The monoisotopic (exact) mass is 204 g/mol. The standard InChI is InChI=1S/C8H12O6/c9-4-1-7(13,6(11)12)2-8(3-14-8)5(4)10/h4-5,9-10,13H,1-3H2,(H,11,12)/t4-,5+,7-,8+/m1/s1. The summed E-state index contributed by atoms with van der Waals surface area (Å²) >= 11 is 0. The second-order valence-corrected chi connectivity index (χ2v) is 4.08. The second kappa shape index (κ2) is 2.66. The van der Waals surface area contributed by atoms with Crippen molar-refractivity contribution in [3.05, 3.63) is 0 Å². The van der Waals surface area contributed by atoms with Crippen LogP contribution in [-0.2, 0) is 9.53 Å². The van der Waals surface area contributed by atoms with E-state index >= 15 is 0 Å². The van der Waals surface area contributed by atoms with Crippen LogP contribution in [0.4, 0.5) is 0 Å². The van der Waals surface area contributed by atoms with E-state index in [-0.39, 0.29) is 19.4 Å². The fraction of sp³-hybridized carbons (Fsp3) is 0.875. The van der Waals surface area contributed by atoms with Crippen LogP contribution in [0.1, 0.15) is 12.8 Å². The summed E-state index contributed by atoms with van der Waals surface area (Å²) < 4.78 is 4.93. The summed E-state index contributed by atoms with van der Waals surface area (Å²) in [6, 6.07) is 0. The van der Waals surface area contributed by atoms with Crippen LogP contribution in [0.25, 0.3) is 0 Å². The van der Waals surface area contributed by atoms with Gasteiger partial charge in [-0.2, -0.15) is 0 Å². The third-order valence-corrected chi connectivity index (χ3v) is 2.96. The number of epoxide rings is 1. The van der Waals surface area contributed by atoms with Crippen molar-refractivity contribution >= 4 is 5.97 Å². The van der Waals surface area contributed by atoms with Crippen LogP contribution in [0, 0.1) is 0 Å². The van der Waals surface area contributed by atoms with Crippen molar-refractivity contribution in [3.63, 3.8) is 0 Å². The number of hydrogen-bond donors (Lipinski definition) is 4. The smallest absolute Gasteiger partial charge is 0.335 e. The number of carboxylic acid groups (broad SMARTS) is 1. The molecule has 1 aliphatic heterocycles. The molecule has 6 nitrogen and oxygen atoms in total. The van der Waals surface area contributed by atoms with Gasteiger partial charge in [-0.3, -0.25) is 0 Å². The highest BCUT2D eigenvalue weighted by atomic mass is 16.6. The topological polar surface area (TPSA) is 111 Å². The van der Waals surface area contributed by atoms with E-state index in [9.17, 15) is 20.1 Å². The molecule has 1 aliphatic carbocycles. The van der Waals surface area contributed by atoms with E-state index in [1.54, 1.807) is 0 Å². The average Bonchev–Trinajstić information content (AvgIpc) is 2.81. The molecule has 2 rings (SSSR count). The van der Waals surface area contributed by atoms with E-state index < -0.39 is 29.4 Å². The Bertz CT molecular complexity index is 273. The molecule has 2 aliphatic rings. The van der Waals surface area contributed by atoms with Crippen molar-refractivity contribution in [1.82, 2.24) is 0 Å². The summed E-state index contributed by atoms with van der Waals surface area (Å²) in [5.41, 5.74) is -3.04. The average molecular weight is 204 g/mol. The number of aliphatic hydroxyl groups is 3. The van der Waals surface area contributed by atoms with Gasteiger partial charge in [-0.25, -0.2) is 4.79 Å². The molecule has 2 fully saturated rings. The largest absolute Gasteiger partial charge is 0.479 e. The lowest BCUT2D eigenvalue weighted by Crippen LogP contribution is -2.57. The first-order valence-electron chi connectivity index (χ1n) is 4.36. The Morgan fingerprint density at radius 2 is 2.00 bits per heavy atom. The Labute approximate surface area is 79.7 Å². The zero-order valence-electron chi connectivity index (χ0n) is 7.38. The Morgan fingerprint density at radius 1 is 1.43 bits per heavy atom. The Morgan fingerprint density at radius 3 is 2.43 bits per heavy atom. The third kappa shape index (κ3) is 1.23. The predicted octanol–water partition coefficient (Wildman–Crippen LogP) is -1.91. The lowest BCUT2D eigenvalue weighted by atomic mass is 9.75. The summed E-state index contributed by atoms with van der Waals surface area (Å²) in [7, 11) is 0. The van der Waals surface area contributed by atoms with Crippen LogP contribution in [0.5, 0.6) is 0 Å². The predicted molar refractivity (Wildman–Crippen MR) is 42.5 cm³/mol. The molecule has 14 heavy (non-hydrogen) atoms. The molecule has 1 saturated heterocycles. The van der Waals surface area contributed by atoms with Crippen molar-refractivity contribution in [2.75, 3.05) is 6.61 Å². The fourth-order valence-electron chi connectivity index (χ4n) is 2.01. The van der Waals surface area contributed by atoms with Crippen LogP contribution < -0.4 is 0 Å². The second-order valence-electron chi connectivity index (χ2n) is 4.08. The molecule has 0 bridgehead atoms. The number of aliphatic carboxylic acids is 1. The fourth-order valence-corrected chi connectivity index (χ4v) is 2.01. The minimum absolute atomic E-state index is 0.173. The van der Waals surface area contributed by atoms with Crippen molar-refractivity contribution in [2.24, 2.45) is 0 Å². The first-order chi connectivity index (χ1) is 6.40.